The lowest BCUT2D eigenvalue weighted by Gasteiger charge is -2.35. The molecule has 1 aliphatic rings. The van der Waals surface area contributed by atoms with Crippen molar-refractivity contribution < 1.29 is 5.11 Å². The van der Waals surface area contributed by atoms with Crippen molar-refractivity contribution in [2.75, 3.05) is 46.9 Å². The summed E-state index contributed by atoms with van der Waals surface area (Å²) in [5.41, 5.74) is 0.0697. The van der Waals surface area contributed by atoms with Crippen LogP contribution in [0.5, 0.6) is 0 Å². The van der Waals surface area contributed by atoms with E-state index in [0.717, 1.165) is 18.9 Å². The second-order valence-corrected chi connectivity index (χ2v) is 6.27. The Balaban J connectivity index is 2.31. The molecule has 0 bridgehead atoms. The molecule has 1 saturated heterocycles. The standard InChI is InChI=1S/C14H30N2O/c1-5-14(2,12-17)11-16(4)10-13-6-8-15(3)9-7-13/h13,17H,5-12H2,1-4H3. The van der Waals surface area contributed by atoms with Crippen LogP contribution >= 0.6 is 0 Å². The summed E-state index contributed by atoms with van der Waals surface area (Å²) >= 11 is 0. The summed E-state index contributed by atoms with van der Waals surface area (Å²) in [5, 5.41) is 9.44. The number of piperidine rings is 1. The lowest BCUT2D eigenvalue weighted by Crippen LogP contribution is -2.40. The van der Waals surface area contributed by atoms with Crippen molar-refractivity contribution in [2.24, 2.45) is 11.3 Å². The van der Waals surface area contributed by atoms with E-state index in [1.54, 1.807) is 0 Å². The SMILES string of the molecule is CCC(C)(CO)CN(C)CC1CCN(C)CC1. The van der Waals surface area contributed by atoms with E-state index in [1.165, 1.54) is 32.5 Å². The Bertz CT molecular complexity index is 208. The Morgan fingerprint density at radius 1 is 1.35 bits per heavy atom. The van der Waals surface area contributed by atoms with Gasteiger partial charge in [-0.1, -0.05) is 13.8 Å². The molecule has 1 unspecified atom stereocenters. The molecule has 1 fully saturated rings. The third-order valence-corrected chi connectivity index (χ3v) is 4.29. The Morgan fingerprint density at radius 2 is 1.94 bits per heavy atom. The van der Waals surface area contributed by atoms with Crippen molar-refractivity contribution >= 4 is 0 Å². The van der Waals surface area contributed by atoms with Crippen LogP contribution in [0.25, 0.3) is 0 Å². The summed E-state index contributed by atoms with van der Waals surface area (Å²) in [5.74, 6) is 0.844. The molecular formula is C14H30N2O. The molecule has 1 aliphatic heterocycles. The molecule has 0 spiro atoms. The zero-order chi connectivity index (χ0) is 12.9. The molecule has 0 aromatic carbocycles. The maximum atomic E-state index is 9.44. The topological polar surface area (TPSA) is 26.7 Å². The largest absolute Gasteiger partial charge is 0.396 e. The molecule has 0 radical (unpaired) electrons. The first kappa shape index (κ1) is 14.9. The van der Waals surface area contributed by atoms with Crippen molar-refractivity contribution in [1.82, 2.24) is 9.80 Å². The van der Waals surface area contributed by atoms with E-state index in [4.69, 9.17) is 0 Å². The average Bonchev–Trinajstić information content (AvgIpc) is 2.32. The fourth-order valence-corrected chi connectivity index (χ4v) is 2.68. The van der Waals surface area contributed by atoms with Crippen LogP contribution in [-0.2, 0) is 0 Å². The van der Waals surface area contributed by atoms with Gasteiger partial charge in [0.1, 0.15) is 0 Å². The number of aliphatic hydroxyl groups excluding tert-OH is 1. The van der Waals surface area contributed by atoms with E-state index in [1.807, 2.05) is 0 Å². The van der Waals surface area contributed by atoms with Crippen LogP contribution in [0.2, 0.25) is 0 Å². The lowest BCUT2D eigenvalue weighted by molar-refractivity contribution is 0.0815. The molecule has 0 aliphatic carbocycles. The van der Waals surface area contributed by atoms with Crippen LogP contribution in [0.4, 0.5) is 0 Å². The minimum absolute atomic E-state index is 0.0697. The number of hydrogen-bond acceptors (Lipinski definition) is 3. The number of hydrogen-bond donors (Lipinski definition) is 1. The second kappa shape index (κ2) is 6.72. The van der Waals surface area contributed by atoms with Gasteiger partial charge in [0, 0.05) is 25.1 Å². The molecule has 102 valence electrons. The fourth-order valence-electron chi connectivity index (χ4n) is 2.68. The van der Waals surface area contributed by atoms with Gasteiger partial charge >= 0.3 is 0 Å². The molecule has 1 heterocycles. The molecule has 0 aromatic rings. The van der Waals surface area contributed by atoms with E-state index in [-0.39, 0.29) is 5.41 Å². The highest BCUT2D eigenvalue weighted by Gasteiger charge is 2.25. The normalized spacial score (nSPS) is 22.9. The third kappa shape index (κ3) is 4.94. The van der Waals surface area contributed by atoms with Gasteiger partial charge in [-0.15, -0.1) is 0 Å². The molecule has 0 amide bonds. The highest BCUT2D eigenvalue weighted by molar-refractivity contribution is 4.78. The fraction of sp³-hybridized carbons (Fsp3) is 1.00. The van der Waals surface area contributed by atoms with Crippen LogP contribution in [0.1, 0.15) is 33.1 Å². The van der Waals surface area contributed by atoms with Crippen LogP contribution in [-0.4, -0.2) is 61.8 Å². The first-order chi connectivity index (χ1) is 7.99. The van der Waals surface area contributed by atoms with Gasteiger partial charge in [-0.05, 0) is 52.4 Å². The Morgan fingerprint density at radius 3 is 2.41 bits per heavy atom. The van der Waals surface area contributed by atoms with Gasteiger partial charge in [-0.2, -0.15) is 0 Å². The van der Waals surface area contributed by atoms with Gasteiger partial charge in [0.05, 0.1) is 0 Å². The Labute approximate surface area is 107 Å². The van der Waals surface area contributed by atoms with Gasteiger partial charge in [0.15, 0.2) is 0 Å². The third-order valence-electron chi connectivity index (χ3n) is 4.29. The smallest absolute Gasteiger partial charge is 0.0496 e. The summed E-state index contributed by atoms with van der Waals surface area (Å²) in [6.45, 7) is 9.31. The molecule has 0 aromatic heterocycles. The highest BCUT2D eigenvalue weighted by atomic mass is 16.3. The van der Waals surface area contributed by atoms with Crippen molar-refractivity contribution in [1.29, 1.82) is 0 Å². The van der Waals surface area contributed by atoms with E-state index in [9.17, 15) is 5.11 Å². The van der Waals surface area contributed by atoms with E-state index in [2.05, 4.69) is 37.7 Å². The number of rotatable bonds is 6. The minimum Gasteiger partial charge on any atom is -0.396 e. The van der Waals surface area contributed by atoms with Crippen LogP contribution < -0.4 is 0 Å². The Kier molecular flexibility index (Phi) is 5.90. The average molecular weight is 242 g/mol. The maximum Gasteiger partial charge on any atom is 0.0496 e. The predicted octanol–water partition coefficient (Wildman–Crippen LogP) is 1.67. The molecule has 1 rings (SSSR count). The molecule has 3 heteroatoms. The number of likely N-dealkylation sites (tertiary alicyclic amines) is 1. The van der Waals surface area contributed by atoms with Gasteiger partial charge < -0.3 is 14.9 Å². The summed E-state index contributed by atoms with van der Waals surface area (Å²) in [6.07, 6.45) is 3.69. The first-order valence-corrected chi connectivity index (χ1v) is 6.97. The maximum absolute atomic E-state index is 9.44. The van der Waals surface area contributed by atoms with Gasteiger partial charge in [-0.3, -0.25) is 0 Å². The van der Waals surface area contributed by atoms with Crippen LogP contribution in [0.15, 0.2) is 0 Å². The molecule has 1 N–H and O–H groups in total. The number of nitrogens with zero attached hydrogens (tertiary/aromatic N) is 2. The monoisotopic (exact) mass is 242 g/mol. The second-order valence-electron chi connectivity index (χ2n) is 6.27. The predicted molar refractivity (Wildman–Crippen MR) is 73.2 cm³/mol. The van der Waals surface area contributed by atoms with Crippen molar-refractivity contribution in [2.45, 2.75) is 33.1 Å². The minimum atomic E-state index is 0.0697. The molecule has 1 atom stereocenters. The van der Waals surface area contributed by atoms with Crippen molar-refractivity contribution in [3.05, 3.63) is 0 Å². The molecule has 3 nitrogen and oxygen atoms in total. The van der Waals surface area contributed by atoms with E-state index >= 15 is 0 Å². The summed E-state index contributed by atoms with van der Waals surface area (Å²) < 4.78 is 0. The van der Waals surface area contributed by atoms with Gasteiger partial charge in [0.2, 0.25) is 0 Å². The van der Waals surface area contributed by atoms with Gasteiger partial charge in [0.25, 0.3) is 0 Å². The zero-order valence-electron chi connectivity index (χ0n) is 12.1. The van der Waals surface area contributed by atoms with Crippen LogP contribution in [0.3, 0.4) is 0 Å². The van der Waals surface area contributed by atoms with Crippen molar-refractivity contribution in [3.63, 3.8) is 0 Å². The highest BCUT2D eigenvalue weighted by Crippen LogP contribution is 2.23. The van der Waals surface area contributed by atoms with Gasteiger partial charge in [-0.25, -0.2) is 0 Å². The van der Waals surface area contributed by atoms with Crippen molar-refractivity contribution in [3.8, 4) is 0 Å². The zero-order valence-corrected chi connectivity index (χ0v) is 12.1. The van der Waals surface area contributed by atoms with Crippen LogP contribution in [0, 0.1) is 11.3 Å². The molecule has 17 heavy (non-hydrogen) atoms. The summed E-state index contributed by atoms with van der Waals surface area (Å²) in [4.78, 5) is 4.83. The molecule has 0 saturated carbocycles. The summed E-state index contributed by atoms with van der Waals surface area (Å²) in [7, 11) is 4.40. The first-order valence-electron chi connectivity index (χ1n) is 6.97. The number of aliphatic hydroxyl groups is 1. The van der Waals surface area contributed by atoms with E-state index in [0.29, 0.717) is 6.61 Å². The van der Waals surface area contributed by atoms with E-state index < -0.39 is 0 Å². The Hall–Kier alpha value is -0.120. The molecular weight excluding hydrogens is 212 g/mol. The summed E-state index contributed by atoms with van der Waals surface area (Å²) in [6, 6.07) is 0. The lowest BCUT2D eigenvalue weighted by atomic mass is 9.87. The quantitative estimate of drug-likeness (QED) is 0.767.